The molecule has 7 aromatic carbocycles. The lowest BCUT2D eigenvalue weighted by molar-refractivity contribution is -0.386. The topological polar surface area (TPSA) is 615 Å². The molecule has 3 fully saturated rings. The average Bonchev–Trinajstić information content (AvgIpc) is 0.767. The summed E-state index contributed by atoms with van der Waals surface area (Å²) in [5.41, 5.74) is 10.8. The van der Waals surface area contributed by atoms with Crippen LogP contribution in [-0.2, 0) is 61.8 Å². The number of aromatic hydroxyl groups is 3. The van der Waals surface area contributed by atoms with Crippen molar-refractivity contribution in [2.45, 2.75) is 81.1 Å². The van der Waals surface area contributed by atoms with Crippen molar-refractivity contribution >= 4 is 121 Å². The van der Waals surface area contributed by atoms with E-state index in [-0.39, 0.29) is 140 Å². The number of benzene rings is 7. The maximum atomic E-state index is 12.0. The van der Waals surface area contributed by atoms with Gasteiger partial charge in [0.1, 0.15) is 45.1 Å². The zero-order valence-corrected chi connectivity index (χ0v) is 73.9. The molecule has 702 valence electrons. The molecule has 2 aromatic heterocycles. The van der Waals surface area contributed by atoms with Gasteiger partial charge in [-0.2, -0.15) is 0 Å². The van der Waals surface area contributed by atoms with Crippen LogP contribution >= 0.6 is 0 Å². The molecule has 3 aliphatic carbocycles. The molecular formula is C87H98N8O36. The minimum atomic E-state index is -1.12. The van der Waals surface area contributed by atoms with Gasteiger partial charge in [0, 0.05) is 33.4 Å². The first-order valence-electron chi connectivity index (χ1n) is 38.9. The van der Waals surface area contributed by atoms with Crippen LogP contribution in [0.1, 0.15) is 111 Å². The molecule has 44 heteroatoms. The Morgan fingerprint density at radius 2 is 0.656 bits per heavy atom. The average molecular weight is 1830 g/mol. The molecule has 13 rings (SSSR count). The number of carboxylic acid groups (broad SMARTS) is 3. The van der Waals surface area contributed by atoms with Gasteiger partial charge in [0.05, 0.1) is 231 Å². The van der Waals surface area contributed by atoms with E-state index in [2.05, 4.69) is 34.1 Å². The van der Waals surface area contributed by atoms with Gasteiger partial charge in [0.15, 0.2) is 28.7 Å². The number of aromatic carboxylic acids is 3. The number of methoxy groups -OCH3 is 17. The van der Waals surface area contributed by atoms with Gasteiger partial charge in [-0.15, -0.1) is 0 Å². The number of carboxylic acids is 3. The zero-order valence-electron chi connectivity index (χ0n) is 73.9. The molecule has 10 atom stereocenters. The van der Waals surface area contributed by atoms with Crippen molar-refractivity contribution in [1.29, 1.82) is 0 Å². The third-order valence-electron chi connectivity index (χ3n) is 20.6. The summed E-state index contributed by atoms with van der Waals surface area (Å²) in [7, 11) is 23.6. The number of carbonyl (C=O) groups excluding carboxylic acids is 7. The van der Waals surface area contributed by atoms with Crippen molar-refractivity contribution in [3.63, 3.8) is 0 Å². The van der Waals surface area contributed by atoms with Crippen LogP contribution in [0.5, 0.6) is 57.5 Å². The number of aliphatic hydroxyl groups excluding tert-OH is 1. The number of nitrogens with two attached hydrogens (primary N) is 1. The highest BCUT2D eigenvalue weighted by Gasteiger charge is 2.46. The number of nitro groups is 1. The molecule has 131 heavy (non-hydrogen) atoms. The minimum Gasteiger partial charge on any atom is -0.504 e. The number of rotatable bonds is 21. The Balaban J connectivity index is 0.000000213. The van der Waals surface area contributed by atoms with Crippen LogP contribution < -0.4 is 38.9 Å². The fourth-order valence-corrected chi connectivity index (χ4v) is 13.9. The van der Waals surface area contributed by atoms with Crippen molar-refractivity contribution in [2.75, 3.05) is 121 Å². The highest BCUT2D eigenvalue weighted by Crippen LogP contribution is 2.41. The summed E-state index contributed by atoms with van der Waals surface area (Å²) in [5, 5.41) is 74.9. The Hall–Kier alpha value is -15.0. The number of nitro benzene ring substituents is 1. The van der Waals surface area contributed by atoms with Crippen LogP contribution in [0.2, 0.25) is 0 Å². The van der Waals surface area contributed by atoms with E-state index in [4.69, 9.17) is 92.2 Å². The van der Waals surface area contributed by atoms with Crippen LogP contribution in [0.25, 0.3) is 44.1 Å². The predicted molar refractivity (Wildman–Crippen MR) is 460 cm³/mol. The van der Waals surface area contributed by atoms with E-state index in [1.54, 1.807) is 26.4 Å². The summed E-state index contributed by atoms with van der Waals surface area (Å²) in [5.74, 6) is -6.33. The number of hydrogen-bond acceptors (Lipinski definition) is 40. The van der Waals surface area contributed by atoms with E-state index in [9.17, 15) is 83.6 Å². The second-order valence-corrected chi connectivity index (χ2v) is 28.2. The molecule has 3 heterocycles. The smallest absolute Gasteiger partial charge is 0.338 e. The van der Waals surface area contributed by atoms with Gasteiger partial charge in [-0.3, -0.25) is 34.5 Å². The van der Waals surface area contributed by atoms with Gasteiger partial charge < -0.3 is 122 Å². The largest absolute Gasteiger partial charge is 0.504 e. The molecule has 9 N–H and O–H groups in total. The summed E-state index contributed by atoms with van der Waals surface area (Å²) in [6.07, 6.45) is 1.48. The summed E-state index contributed by atoms with van der Waals surface area (Å²) < 4.78 is 84.4. The second-order valence-electron chi connectivity index (χ2n) is 28.2. The Morgan fingerprint density at radius 3 is 0.969 bits per heavy atom. The van der Waals surface area contributed by atoms with E-state index in [1.165, 1.54) is 172 Å². The lowest BCUT2D eigenvalue weighted by Crippen LogP contribution is -2.52. The van der Waals surface area contributed by atoms with E-state index < -0.39 is 70.3 Å². The standard InChI is InChI=1S/C18H26N2O6.C18H16N2O6.C16H12N2O6.C9H9NO6.C9H17NO4.C9H10O4.C8H8O4/c2*1-23-13-7-9(17(21)25-3)5-11-15(13)19-12-6-10(18(22)26-4)8-14(24-2)16(12)20-11;1-23-11-5-7(15(19)20)3-9-13(11)17-10-4-8(16(21)22)6-12(24-2)14(10)18-9;1-15-7-4-5(9(12)16-2)3-6(8(7)11)10(13)14;1-13-7-4-5(9(12)14-2)3-6(10)8(7)11;1-12-8-5-6(9(11)13-2)3-4-7(8)10;1-12-7-4-5(8(10)11)2-3-6(7)9/h9-14H,5-8H2,1-4H3;5-8H,1-4H3;3-6H,1-2H3,(H,19,20)(H,21,22);3-4,11H,1-2H3;5-8,11H,3-4,10H2,1-2H3;3-5,10H,1-2H3;2-4,9H,1H3,(H,10,11). The minimum absolute atomic E-state index is 0.00449. The molecule has 0 bridgehead atoms. The van der Waals surface area contributed by atoms with Gasteiger partial charge >= 0.3 is 65.4 Å². The van der Waals surface area contributed by atoms with Gasteiger partial charge in [0.2, 0.25) is 5.75 Å². The third-order valence-corrected chi connectivity index (χ3v) is 20.6. The van der Waals surface area contributed by atoms with Crippen LogP contribution in [0.4, 0.5) is 5.69 Å². The Bertz CT molecular complexity index is 5570. The number of nitrogens with zero attached hydrogens (tertiary/aromatic N) is 7. The summed E-state index contributed by atoms with van der Waals surface area (Å²) in [6.45, 7) is 0. The molecule has 0 saturated heterocycles. The van der Waals surface area contributed by atoms with Crippen molar-refractivity contribution in [3.8, 4) is 57.5 Å². The van der Waals surface area contributed by atoms with Crippen molar-refractivity contribution in [1.82, 2.24) is 19.9 Å². The molecule has 9 aromatic rings. The fraction of sp³-hybridized carbons (Fsp3) is 0.379. The number of phenolic OH excluding ortho intramolecular Hbond substituents is 3. The number of esters is 7. The normalized spacial score (nSPS) is 18.3. The number of hydrogen-bond donors (Lipinski definition) is 8. The number of phenols is 3. The monoisotopic (exact) mass is 1830 g/mol. The van der Waals surface area contributed by atoms with Crippen molar-refractivity contribution < 1.29 is 169 Å². The third kappa shape index (κ3) is 25.3. The highest BCUT2D eigenvalue weighted by atomic mass is 16.6. The number of aromatic nitrogens is 4. The number of ether oxygens (including phenoxy) is 17. The summed E-state index contributed by atoms with van der Waals surface area (Å²) >= 11 is 0. The fourth-order valence-electron chi connectivity index (χ4n) is 13.9. The maximum Gasteiger partial charge on any atom is 0.338 e. The first-order valence-corrected chi connectivity index (χ1v) is 38.9. The molecular weight excluding hydrogens is 1730 g/mol. The van der Waals surface area contributed by atoms with Crippen molar-refractivity contribution in [2.24, 2.45) is 33.5 Å². The Labute approximate surface area is 746 Å². The van der Waals surface area contributed by atoms with Crippen LogP contribution in [-0.4, -0.2) is 295 Å². The summed E-state index contributed by atoms with van der Waals surface area (Å²) in [4.78, 5) is 151. The predicted octanol–water partition coefficient (Wildman–Crippen LogP) is 8.04. The zero-order chi connectivity index (χ0) is 97.1. The SMILES string of the molecule is COC(=O)C1CC(N)C(O)C(OC)C1.COC(=O)C1CC2N=C3C(CC(C(=O)OC)CC3OC)N=C2C(OC)C1.COC(=O)c1cc(OC)c(O)c([N+](=O)[O-])c1.COC(=O)c1cc(OC)c2nc3cc(C(=O)OC)cc(OC)c3nc2c1.COC(=O)c1ccc(O)c(OC)c1.COc1cc(C(=O)O)cc2nc3c(OC)cc(C(=O)O)cc3nc12.COc1cc(C(=O)O)ccc1O. The lowest BCUT2D eigenvalue weighted by Gasteiger charge is -2.41. The molecule has 4 aliphatic rings. The summed E-state index contributed by atoms with van der Waals surface area (Å²) in [6, 6.07) is 20.9. The van der Waals surface area contributed by atoms with E-state index in [0.29, 0.717) is 99.7 Å². The molecule has 0 spiro atoms. The van der Waals surface area contributed by atoms with Crippen LogP contribution in [0, 0.1) is 27.9 Å². The molecule has 3 saturated carbocycles. The van der Waals surface area contributed by atoms with Gasteiger partial charge in [-0.1, -0.05) is 0 Å². The molecule has 0 amide bonds. The second kappa shape index (κ2) is 47.7. The van der Waals surface area contributed by atoms with Gasteiger partial charge in [0.25, 0.3) is 0 Å². The van der Waals surface area contributed by atoms with Crippen LogP contribution in [0.15, 0.2) is 107 Å². The molecule has 1 aliphatic heterocycles. The Kier molecular flexibility index (Phi) is 37.5. The van der Waals surface area contributed by atoms with Gasteiger partial charge in [-0.05, 0) is 130 Å². The molecule has 10 unspecified atom stereocenters. The maximum absolute atomic E-state index is 12.0. The number of fused-ring (bicyclic) bond motifs is 6. The Morgan fingerprint density at radius 1 is 0.359 bits per heavy atom. The number of aliphatic imine (C=N–C) groups is 2. The van der Waals surface area contributed by atoms with E-state index in [0.717, 1.165) is 30.7 Å². The quantitative estimate of drug-likeness (QED) is 0.0111. The molecule has 0 radical (unpaired) electrons. The first-order chi connectivity index (χ1) is 62.4. The number of aliphatic hydroxyl groups is 1. The van der Waals surface area contributed by atoms with Crippen molar-refractivity contribution in [3.05, 3.63) is 146 Å². The first kappa shape index (κ1) is 103. The molecule has 44 nitrogen and oxygen atoms in total. The van der Waals surface area contributed by atoms with E-state index in [1.807, 2.05) is 0 Å². The van der Waals surface area contributed by atoms with E-state index >= 15 is 0 Å². The highest BCUT2D eigenvalue weighted by molar-refractivity contribution is 6.07. The van der Waals surface area contributed by atoms with Crippen LogP contribution in [0.3, 0.4) is 0 Å². The lowest BCUT2D eigenvalue weighted by atomic mass is 9.77. The van der Waals surface area contributed by atoms with Gasteiger partial charge in [-0.25, -0.2) is 53.5 Å². The number of carbonyl (C=O) groups is 10.